The summed E-state index contributed by atoms with van der Waals surface area (Å²) in [5.41, 5.74) is 0. The van der Waals surface area contributed by atoms with E-state index in [1.807, 2.05) is 0 Å². The molecule has 82 valence electrons. The predicted octanol–water partition coefficient (Wildman–Crippen LogP) is -0.177. The lowest BCUT2D eigenvalue weighted by atomic mass is 10.2. The molecule has 2 N–H and O–H groups in total. The van der Waals surface area contributed by atoms with Crippen LogP contribution in [0.1, 0.15) is 27.7 Å². The van der Waals surface area contributed by atoms with E-state index in [1.54, 1.807) is 13.8 Å². The lowest BCUT2D eigenvalue weighted by Crippen LogP contribution is -2.48. The van der Waals surface area contributed by atoms with Crippen LogP contribution in [0.3, 0.4) is 0 Å². The van der Waals surface area contributed by atoms with Gasteiger partial charge in [0.15, 0.2) is 6.04 Å². The summed E-state index contributed by atoms with van der Waals surface area (Å²) >= 11 is 0. The molecule has 0 fully saturated rings. The van der Waals surface area contributed by atoms with Crippen molar-refractivity contribution in [1.82, 2.24) is 5.32 Å². The van der Waals surface area contributed by atoms with Gasteiger partial charge in [-0.25, -0.2) is 4.79 Å². The van der Waals surface area contributed by atoms with Crippen LogP contribution in [0.5, 0.6) is 0 Å². The zero-order chi connectivity index (χ0) is 11.3. The number of ether oxygens (including phenoxy) is 1. The van der Waals surface area contributed by atoms with E-state index in [9.17, 15) is 14.7 Å². The molecule has 0 spiro atoms. The third kappa shape index (κ3) is 4.81. The number of rotatable bonds is 4. The Balaban J connectivity index is 4.33. The molecule has 0 bridgehead atoms. The monoisotopic (exact) mass is 203 g/mol. The van der Waals surface area contributed by atoms with Crippen LogP contribution in [0.15, 0.2) is 0 Å². The first kappa shape index (κ1) is 12.9. The second kappa shape index (κ2) is 5.59. The summed E-state index contributed by atoms with van der Waals surface area (Å²) in [7, 11) is 0. The van der Waals surface area contributed by atoms with Gasteiger partial charge < -0.3 is 15.2 Å². The number of aliphatic hydroxyl groups is 1. The number of hydrogen-bond acceptors (Lipinski definition) is 4. The van der Waals surface area contributed by atoms with Gasteiger partial charge in [0, 0.05) is 6.92 Å². The van der Waals surface area contributed by atoms with Gasteiger partial charge in [0.05, 0.1) is 12.2 Å². The Kier molecular flexibility index (Phi) is 5.15. The molecule has 0 radical (unpaired) electrons. The van der Waals surface area contributed by atoms with Crippen LogP contribution in [-0.2, 0) is 14.3 Å². The SMILES string of the molecule is CC(=O)NC(C(=O)OC(C)C)C(C)O. The Hall–Kier alpha value is -1.10. The number of amides is 1. The van der Waals surface area contributed by atoms with Gasteiger partial charge in [-0.3, -0.25) is 4.79 Å². The molecule has 5 nitrogen and oxygen atoms in total. The van der Waals surface area contributed by atoms with Gasteiger partial charge in [0.1, 0.15) is 0 Å². The molecular formula is C9H17NO4. The normalized spacial score (nSPS) is 14.7. The fourth-order valence-electron chi connectivity index (χ4n) is 0.901. The van der Waals surface area contributed by atoms with Crippen molar-refractivity contribution in [2.75, 3.05) is 0 Å². The average molecular weight is 203 g/mol. The first-order valence-corrected chi connectivity index (χ1v) is 4.50. The highest BCUT2D eigenvalue weighted by molar-refractivity contribution is 5.83. The molecule has 1 amide bonds. The molecule has 0 aromatic rings. The van der Waals surface area contributed by atoms with Gasteiger partial charge in [-0.15, -0.1) is 0 Å². The van der Waals surface area contributed by atoms with Crippen LogP contribution in [-0.4, -0.2) is 35.2 Å². The van der Waals surface area contributed by atoms with E-state index in [4.69, 9.17) is 4.74 Å². The van der Waals surface area contributed by atoms with Crippen LogP contribution in [0, 0.1) is 0 Å². The van der Waals surface area contributed by atoms with Crippen molar-refractivity contribution >= 4 is 11.9 Å². The van der Waals surface area contributed by atoms with E-state index < -0.39 is 18.1 Å². The smallest absolute Gasteiger partial charge is 0.331 e. The number of carbonyl (C=O) groups is 2. The van der Waals surface area contributed by atoms with Crippen LogP contribution < -0.4 is 5.32 Å². The van der Waals surface area contributed by atoms with Crippen molar-refractivity contribution in [2.45, 2.75) is 45.9 Å². The highest BCUT2D eigenvalue weighted by Crippen LogP contribution is 1.99. The maximum Gasteiger partial charge on any atom is 0.331 e. The average Bonchev–Trinajstić information content (AvgIpc) is 1.97. The molecule has 0 aliphatic carbocycles. The lowest BCUT2D eigenvalue weighted by Gasteiger charge is -2.20. The number of esters is 1. The third-order valence-electron chi connectivity index (χ3n) is 1.45. The van der Waals surface area contributed by atoms with Crippen molar-refractivity contribution in [3.8, 4) is 0 Å². The van der Waals surface area contributed by atoms with Gasteiger partial charge in [0.2, 0.25) is 5.91 Å². The van der Waals surface area contributed by atoms with Gasteiger partial charge in [-0.1, -0.05) is 0 Å². The molecule has 0 aliphatic heterocycles. The minimum atomic E-state index is -0.991. The molecule has 14 heavy (non-hydrogen) atoms. The molecule has 2 unspecified atom stereocenters. The Bertz CT molecular complexity index is 213. The molecule has 0 aliphatic rings. The Morgan fingerprint density at radius 2 is 1.79 bits per heavy atom. The number of carbonyl (C=O) groups excluding carboxylic acids is 2. The van der Waals surface area contributed by atoms with Gasteiger partial charge in [0.25, 0.3) is 0 Å². The van der Waals surface area contributed by atoms with Crippen molar-refractivity contribution < 1.29 is 19.4 Å². The Morgan fingerprint density at radius 3 is 2.07 bits per heavy atom. The zero-order valence-electron chi connectivity index (χ0n) is 8.90. The topological polar surface area (TPSA) is 75.6 Å². The van der Waals surface area contributed by atoms with Crippen molar-refractivity contribution in [3.63, 3.8) is 0 Å². The summed E-state index contributed by atoms with van der Waals surface area (Å²) in [6, 6.07) is -0.991. The zero-order valence-corrected chi connectivity index (χ0v) is 8.90. The summed E-state index contributed by atoms with van der Waals surface area (Å²) in [6.45, 7) is 6.09. The Labute approximate surface area is 83.4 Å². The molecule has 5 heteroatoms. The number of nitrogens with one attached hydrogen (secondary N) is 1. The Morgan fingerprint density at radius 1 is 1.29 bits per heavy atom. The van der Waals surface area contributed by atoms with E-state index in [1.165, 1.54) is 13.8 Å². The number of hydrogen-bond donors (Lipinski definition) is 2. The van der Waals surface area contributed by atoms with Gasteiger partial charge >= 0.3 is 5.97 Å². The molecule has 0 aromatic carbocycles. The van der Waals surface area contributed by atoms with Crippen LogP contribution in [0.25, 0.3) is 0 Å². The standard InChI is InChI=1S/C9H17NO4/c1-5(2)14-9(13)8(6(3)11)10-7(4)12/h5-6,8,11H,1-4H3,(H,10,12). The summed E-state index contributed by atoms with van der Waals surface area (Å²) in [5.74, 6) is -0.998. The summed E-state index contributed by atoms with van der Waals surface area (Å²) < 4.78 is 4.86. The van der Waals surface area contributed by atoms with Crippen molar-refractivity contribution in [3.05, 3.63) is 0 Å². The maximum atomic E-state index is 11.3. The summed E-state index contributed by atoms with van der Waals surface area (Å²) in [6.07, 6.45) is -1.23. The third-order valence-corrected chi connectivity index (χ3v) is 1.45. The number of aliphatic hydroxyl groups excluding tert-OH is 1. The van der Waals surface area contributed by atoms with Gasteiger partial charge in [-0.2, -0.15) is 0 Å². The van der Waals surface area contributed by atoms with E-state index in [2.05, 4.69) is 5.32 Å². The minimum absolute atomic E-state index is 0.266. The second-order valence-corrected chi connectivity index (χ2v) is 3.40. The summed E-state index contributed by atoms with van der Waals surface area (Å²) in [4.78, 5) is 22.1. The molecule has 0 aromatic heterocycles. The maximum absolute atomic E-state index is 11.3. The first-order chi connectivity index (χ1) is 6.34. The van der Waals surface area contributed by atoms with Crippen molar-refractivity contribution in [2.24, 2.45) is 0 Å². The van der Waals surface area contributed by atoms with E-state index in [0.29, 0.717) is 0 Å². The van der Waals surface area contributed by atoms with E-state index >= 15 is 0 Å². The van der Waals surface area contributed by atoms with E-state index in [-0.39, 0.29) is 12.0 Å². The second-order valence-electron chi connectivity index (χ2n) is 3.40. The van der Waals surface area contributed by atoms with Crippen LogP contribution in [0.4, 0.5) is 0 Å². The highest BCUT2D eigenvalue weighted by atomic mass is 16.5. The summed E-state index contributed by atoms with van der Waals surface area (Å²) in [5, 5.41) is 11.5. The quantitative estimate of drug-likeness (QED) is 0.622. The largest absolute Gasteiger partial charge is 0.461 e. The first-order valence-electron chi connectivity index (χ1n) is 4.50. The predicted molar refractivity (Wildman–Crippen MR) is 50.5 cm³/mol. The highest BCUT2D eigenvalue weighted by Gasteiger charge is 2.26. The van der Waals surface area contributed by atoms with Crippen LogP contribution in [0.2, 0.25) is 0 Å². The van der Waals surface area contributed by atoms with E-state index in [0.717, 1.165) is 0 Å². The minimum Gasteiger partial charge on any atom is -0.461 e. The molecule has 0 saturated carbocycles. The fourth-order valence-corrected chi connectivity index (χ4v) is 0.901. The molecule has 0 heterocycles. The lowest BCUT2D eigenvalue weighted by molar-refractivity contribution is -0.154. The van der Waals surface area contributed by atoms with Gasteiger partial charge in [-0.05, 0) is 20.8 Å². The molecule has 2 atom stereocenters. The van der Waals surface area contributed by atoms with Crippen molar-refractivity contribution in [1.29, 1.82) is 0 Å². The molecular weight excluding hydrogens is 186 g/mol. The molecule has 0 rings (SSSR count). The fraction of sp³-hybridized carbons (Fsp3) is 0.778. The van der Waals surface area contributed by atoms with Crippen LogP contribution >= 0.6 is 0 Å². The molecule has 0 saturated heterocycles.